The summed E-state index contributed by atoms with van der Waals surface area (Å²) in [5.74, 6) is 1.36. The van der Waals surface area contributed by atoms with Gasteiger partial charge in [-0.05, 0) is 37.4 Å². The Bertz CT molecular complexity index is 659. The van der Waals surface area contributed by atoms with Crippen LogP contribution in [0, 0.1) is 0 Å². The van der Waals surface area contributed by atoms with Crippen molar-refractivity contribution in [1.29, 1.82) is 0 Å². The summed E-state index contributed by atoms with van der Waals surface area (Å²) in [7, 11) is -1.31. The lowest BCUT2D eigenvalue weighted by molar-refractivity contribution is 0.268. The quantitative estimate of drug-likeness (QED) is 0.882. The molecule has 0 radical (unpaired) electrons. The molecule has 0 saturated heterocycles. The van der Waals surface area contributed by atoms with E-state index in [9.17, 15) is 8.42 Å². The van der Waals surface area contributed by atoms with Crippen molar-refractivity contribution in [3.8, 4) is 5.75 Å². The molecule has 108 valence electrons. The second-order valence-electron chi connectivity index (χ2n) is 4.43. The highest BCUT2D eigenvalue weighted by Crippen LogP contribution is 2.18. The van der Waals surface area contributed by atoms with Gasteiger partial charge in [-0.2, -0.15) is 0 Å². The van der Waals surface area contributed by atoms with E-state index in [1.54, 1.807) is 18.4 Å². The molecule has 1 heterocycles. The second-order valence-corrected chi connectivity index (χ2v) is 6.45. The summed E-state index contributed by atoms with van der Waals surface area (Å²) in [5.41, 5.74) is 1.04. The lowest BCUT2D eigenvalue weighted by Gasteiger charge is -2.07. The van der Waals surface area contributed by atoms with Gasteiger partial charge in [0.15, 0.2) is 9.84 Å². The van der Waals surface area contributed by atoms with Crippen molar-refractivity contribution in [1.82, 2.24) is 5.32 Å². The largest absolute Gasteiger partial charge is 0.486 e. The summed E-state index contributed by atoms with van der Waals surface area (Å²) in [6.07, 6.45) is 2.80. The van der Waals surface area contributed by atoms with Gasteiger partial charge in [0, 0.05) is 18.4 Å². The van der Waals surface area contributed by atoms with Gasteiger partial charge in [-0.3, -0.25) is 0 Å². The lowest BCUT2D eigenvalue weighted by atomic mass is 10.2. The van der Waals surface area contributed by atoms with Gasteiger partial charge in [0.2, 0.25) is 0 Å². The van der Waals surface area contributed by atoms with Crippen LogP contribution in [0.15, 0.2) is 45.9 Å². The van der Waals surface area contributed by atoms with Crippen molar-refractivity contribution in [3.05, 3.63) is 47.9 Å². The molecule has 20 heavy (non-hydrogen) atoms. The van der Waals surface area contributed by atoms with Crippen LogP contribution in [0.5, 0.6) is 5.75 Å². The molecule has 0 fully saturated rings. The molecule has 0 aliphatic carbocycles. The van der Waals surface area contributed by atoms with Crippen molar-refractivity contribution >= 4 is 9.84 Å². The molecule has 1 N–H and O–H groups in total. The summed E-state index contributed by atoms with van der Waals surface area (Å²) in [6.45, 7) is 1.02. The minimum absolute atomic E-state index is 0.277. The van der Waals surface area contributed by atoms with E-state index < -0.39 is 9.84 Å². The molecule has 0 spiro atoms. The van der Waals surface area contributed by atoms with Crippen molar-refractivity contribution in [2.24, 2.45) is 0 Å². The number of sulfone groups is 1. The van der Waals surface area contributed by atoms with Crippen LogP contribution in [-0.4, -0.2) is 21.7 Å². The summed E-state index contributed by atoms with van der Waals surface area (Å²) in [4.78, 5) is 0.277. The summed E-state index contributed by atoms with van der Waals surface area (Å²) in [5, 5.41) is 3.05. The Kier molecular flexibility index (Phi) is 4.46. The van der Waals surface area contributed by atoms with E-state index in [1.807, 2.05) is 13.1 Å². The number of hydrogen-bond donors (Lipinski definition) is 1. The van der Waals surface area contributed by atoms with E-state index in [0.29, 0.717) is 18.9 Å². The third-order valence-corrected chi connectivity index (χ3v) is 3.96. The highest BCUT2D eigenvalue weighted by atomic mass is 32.2. The van der Waals surface area contributed by atoms with Crippen LogP contribution in [-0.2, 0) is 23.0 Å². The second kappa shape index (κ2) is 6.11. The highest BCUT2D eigenvalue weighted by Gasteiger charge is 2.08. The van der Waals surface area contributed by atoms with Crippen molar-refractivity contribution in [2.45, 2.75) is 18.0 Å². The SMILES string of the molecule is CNCc1ccoc1COc1ccc(S(C)(=O)=O)cc1. The fraction of sp³-hybridized carbons (Fsp3) is 0.286. The predicted octanol–water partition coefficient (Wildman–Crippen LogP) is 1.98. The van der Waals surface area contributed by atoms with E-state index in [4.69, 9.17) is 9.15 Å². The first-order valence-electron chi connectivity index (χ1n) is 6.13. The third-order valence-electron chi connectivity index (χ3n) is 2.83. The van der Waals surface area contributed by atoms with Gasteiger partial charge < -0.3 is 14.5 Å². The molecule has 0 aliphatic heterocycles. The highest BCUT2D eigenvalue weighted by molar-refractivity contribution is 7.90. The molecule has 0 bridgehead atoms. The number of benzene rings is 1. The van der Waals surface area contributed by atoms with Crippen LogP contribution in [0.25, 0.3) is 0 Å². The number of rotatable bonds is 6. The fourth-order valence-corrected chi connectivity index (χ4v) is 2.40. The fourth-order valence-electron chi connectivity index (χ4n) is 1.77. The summed E-state index contributed by atoms with van der Waals surface area (Å²) in [6, 6.07) is 8.22. The maximum atomic E-state index is 11.3. The third kappa shape index (κ3) is 3.61. The summed E-state index contributed by atoms with van der Waals surface area (Å²) < 4.78 is 33.6. The molecule has 2 aromatic rings. The lowest BCUT2D eigenvalue weighted by Crippen LogP contribution is -2.07. The number of furan rings is 1. The van der Waals surface area contributed by atoms with Gasteiger partial charge >= 0.3 is 0 Å². The van der Waals surface area contributed by atoms with Gasteiger partial charge in [0.25, 0.3) is 0 Å². The molecular weight excluding hydrogens is 278 g/mol. The van der Waals surface area contributed by atoms with Gasteiger partial charge in [-0.15, -0.1) is 0 Å². The molecule has 6 heteroatoms. The molecule has 0 unspecified atom stereocenters. The standard InChI is InChI=1S/C14H17NO4S/c1-15-9-11-7-8-18-14(11)10-19-12-3-5-13(6-4-12)20(2,16)17/h3-8,15H,9-10H2,1-2H3. The van der Waals surface area contributed by atoms with Crippen LogP contribution in [0.1, 0.15) is 11.3 Å². The van der Waals surface area contributed by atoms with Crippen LogP contribution >= 0.6 is 0 Å². The molecule has 0 saturated carbocycles. The Morgan fingerprint density at radius 3 is 2.50 bits per heavy atom. The van der Waals surface area contributed by atoms with E-state index in [-0.39, 0.29) is 4.90 Å². The zero-order valence-electron chi connectivity index (χ0n) is 11.4. The predicted molar refractivity (Wildman–Crippen MR) is 75.4 cm³/mol. The zero-order chi connectivity index (χ0) is 14.6. The minimum atomic E-state index is -3.17. The first-order chi connectivity index (χ1) is 9.50. The molecule has 1 aromatic carbocycles. The Balaban J connectivity index is 2.02. The summed E-state index contributed by atoms with van der Waals surface area (Å²) >= 11 is 0. The zero-order valence-corrected chi connectivity index (χ0v) is 12.2. The average Bonchev–Trinajstić information content (AvgIpc) is 2.84. The average molecular weight is 295 g/mol. The van der Waals surface area contributed by atoms with Gasteiger partial charge in [-0.25, -0.2) is 8.42 Å². The molecular formula is C14H17NO4S. The molecule has 5 nitrogen and oxygen atoms in total. The smallest absolute Gasteiger partial charge is 0.175 e. The topological polar surface area (TPSA) is 68.5 Å². The Morgan fingerprint density at radius 1 is 1.20 bits per heavy atom. The van der Waals surface area contributed by atoms with Crippen molar-refractivity contribution in [2.75, 3.05) is 13.3 Å². The first kappa shape index (κ1) is 14.6. The Labute approximate surface area is 118 Å². The van der Waals surface area contributed by atoms with Gasteiger partial charge in [0.05, 0.1) is 11.2 Å². The van der Waals surface area contributed by atoms with Crippen molar-refractivity contribution in [3.63, 3.8) is 0 Å². The monoisotopic (exact) mass is 295 g/mol. The van der Waals surface area contributed by atoms with E-state index in [0.717, 1.165) is 11.3 Å². The van der Waals surface area contributed by atoms with E-state index in [2.05, 4.69) is 5.32 Å². The van der Waals surface area contributed by atoms with Gasteiger partial charge in [-0.1, -0.05) is 0 Å². The Morgan fingerprint density at radius 2 is 1.90 bits per heavy atom. The molecule has 0 aliphatic rings. The van der Waals surface area contributed by atoms with Crippen LogP contribution in [0.2, 0.25) is 0 Å². The maximum Gasteiger partial charge on any atom is 0.175 e. The number of hydrogen-bond acceptors (Lipinski definition) is 5. The molecule has 1 aromatic heterocycles. The first-order valence-corrected chi connectivity index (χ1v) is 8.02. The van der Waals surface area contributed by atoms with Crippen LogP contribution in [0.3, 0.4) is 0 Å². The van der Waals surface area contributed by atoms with Crippen molar-refractivity contribution < 1.29 is 17.6 Å². The normalized spacial score (nSPS) is 11.5. The maximum absolute atomic E-state index is 11.3. The van der Waals surface area contributed by atoms with Crippen LogP contribution in [0.4, 0.5) is 0 Å². The number of nitrogens with one attached hydrogen (secondary N) is 1. The number of ether oxygens (including phenoxy) is 1. The van der Waals surface area contributed by atoms with Gasteiger partial charge in [0.1, 0.15) is 18.1 Å². The molecule has 2 rings (SSSR count). The van der Waals surface area contributed by atoms with Crippen LogP contribution < -0.4 is 10.1 Å². The minimum Gasteiger partial charge on any atom is -0.486 e. The molecule has 0 amide bonds. The Hall–Kier alpha value is -1.79. The molecule has 0 atom stereocenters. The van der Waals surface area contributed by atoms with E-state index >= 15 is 0 Å². The van der Waals surface area contributed by atoms with E-state index in [1.165, 1.54) is 18.4 Å².